The molecule has 0 saturated heterocycles. The minimum absolute atomic E-state index is 0.00257. The Morgan fingerprint density at radius 3 is 0.851 bits per heavy atom. The van der Waals surface area contributed by atoms with Gasteiger partial charge < -0.3 is 9.55 Å². The number of hydrogen-bond acceptors (Lipinski definition) is 0. The minimum atomic E-state index is -0.00257. The van der Waals surface area contributed by atoms with Crippen LogP contribution >= 0.6 is 0 Å². The highest BCUT2D eigenvalue weighted by molar-refractivity contribution is 6.43. The first kappa shape index (κ1) is 79.4. The molecule has 23 aromatic carbocycles. The van der Waals surface area contributed by atoms with Crippen LogP contribution in [0.2, 0.25) is 0 Å². The van der Waals surface area contributed by atoms with Crippen molar-refractivity contribution in [2.24, 2.45) is 0 Å². The van der Waals surface area contributed by atoms with Gasteiger partial charge in [0.05, 0.1) is 16.7 Å². The average Bonchev–Trinajstić information content (AvgIpc) is 1.35. The molecule has 7 aliphatic carbocycles. The van der Waals surface area contributed by atoms with Crippen molar-refractivity contribution in [3.63, 3.8) is 0 Å². The third-order valence-electron chi connectivity index (χ3n) is 32.6. The summed E-state index contributed by atoms with van der Waals surface area (Å²) in [6.07, 6.45) is 0. The molecule has 2 nitrogen and oxygen atoms in total. The molecule has 0 radical (unpaired) electrons. The number of para-hydroxylation sites is 3. The SMILES string of the molecule is CC1=C(C)C(C)(C)c2cc(C3=C4C(=C(c5cccc6ccccc56)c5c4ccc4ccccc54)c4ccc5ccccc5c43)ccc21.c1ccc2c(C3=C4C(=C(c5ccc6[nH]c7ccccc7c6c5)c5c4ccc4ccccc54)c4ccc5ccccc5c43)cccc2c1.c1ccc2c(C3=C4C(=C(n5c6ccccc6c6ccccc65)c5c4ccc4ccccc54)c4ccc5ccccc5c43)cccc2c1. The number of H-pyrrole nitrogens is 1. The van der Waals surface area contributed by atoms with Gasteiger partial charge in [-0.05, 0) is 303 Å². The van der Waals surface area contributed by atoms with Gasteiger partial charge in [0.2, 0.25) is 0 Å². The molecule has 0 unspecified atom stereocenters. The standard InChI is InChI=1S/C47H34.2C46H27N/c1-27-28(2)47(3,4)40-26-32(22-23-33(27)40)41-42-35-17-9-6-13-30(35)20-24-38(42)46-44(37-19-11-15-29-12-5-8-16-34(29)37)43-36-18-10-7-14-31(36)21-25-39(43)45(41)46;1-4-16-31-28(12-1)15-11-21-36(31)43-41-32-17-5-2-13-29(32)24-26-37(41)45-44(43)38-27-25-30-14-3-6-18-33(30)42(38)46(45)47-39-22-9-7-19-34(39)35-20-8-10-23-40(35)47;1-4-14-31-27(10-1)13-9-18-35(31)44-43-33-16-6-3-12-29(33)21-24-37(43)45-41(42-32-15-5-2-11-28(32)20-23-36(42)46(44)45)30-22-25-40-38(26-30)34-17-7-8-19-39(34)47-40/h5-26H,1-4H3;1-27H;1-26,47H. The van der Waals surface area contributed by atoms with E-state index < -0.39 is 0 Å². The number of rotatable bonds is 6. The van der Waals surface area contributed by atoms with Crippen LogP contribution in [-0.4, -0.2) is 9.55 Å². The molecule has 0 aliphatic heterocycles. The quantitative estimate of drug-likeness (QED) is 0.171. The Morgan fingerprint density at radius 2 is 0.454 bits per heavy atom. The van der Waals surface area contributed by atoms with E-state index in [2.05, 4.69) is 492 Å². The average molecular weight is 1790 g/mol. The van der Waals surface area contributed by atoms with E-state index in [1.165, 1.54) is 324 Å². The second-order valence-electron chi connectivity index (χ2n) is 39.7. The summed E-state index contributed by atoms with van der Waals surface area (Å²) in [6, 6.07) is 169. The third kappa shape index (κ3) is 11.2. The van der Waals surface area contributed by atoms with E-state index in [9.17, 15) is 0 Å². The van der Waals surface area contributed by atoms with Crippen molar-refractivity contribution >= 4 is 213 Å². The molecule has 32 rings (SSSR count). The second kappa shape index (κ2) is 30.1. The molecule has 0 saturated carbocycles. The molecule has 1 N–H and O–H groups in total. The number of hydrogen-bond donors (Lipinski definition) is 1. The van der Waals surface area contributed by atoms with Gasteiger partial charge in [0.15, 0.2) is 0 Å². The summed E-state index contributed by atoms with van der Waals surface area (Å²) in [5.41, 5.74) is 49.0. The Labute approximate surface area is 816 Å². The van der Waals surface area contributed by atoms with Gasteiger partial charge >= 0.3 is 0 Å². The highest BCUT2D eigenvalue weighted by atomic mass is 15.0. The van der Waals surface area contributed by atoms with Crippen LogP contribution in [0.1, 0.15) is 133 Å². The van der Waals surface area contributed by atoms with Gasteiger partial charge in [0.1, 0.15) is 0 Å². The maximum absolute atomic E-state index is 3.65. The highest BCUT2D eigenvalue weighted by Gasteiger charge is 2.46. The number of nitrogens with zero attached hydrogens (tertiary/aromatic N) is 1. The third-order valence-corrected chi connectivity index (χ3v) is 32.6. The van der Waals surface area contributed by atoms with Crippen LogP contribution in [0.25, 0.3) is 213 Å². The summed E-state index contributed by atoms with van der Waals surface area (Å²) in [6.45, 7) is 9.37. The first-order chi connectivity index (χ1) is 69.6. The molecule has 654 valence electrons. The van der Waals surface area contributed by atoms with Gasteiger partial charge in [-0.3, -0.25) is 0 Å². The molecule has 141 heavy (non-hydrogen) atoms. The van der Waals surface area contributed by atoms with Crippen molar-refractivity contribution in [1.29, 1.82) is 0 Å². The highest BCUT2D eigenvalue weighted by Crippen LogP contribution is 2.66. The van der Waals surface area contributed by atoms with Gasteiger partial charge in [-0.1, -0.05) is 438 Å². The molecule has 0 fully saturated rings. The Bertz CT molecular complexity index is 10200. The van der Waals surface area contributed by atoms with Gasteiger partial charge in [-0.25, -0.2) is 0 Å². The molecule has 0 atom stereocenters. The minimum Gasteiger partial charge on any atom is -0.355 e. The monoisotopic (exact) mass is 1780 g/mol. The summed E-state index contributed by atoms with van der Waals surface area (Å²) in [4.78, 5) is 3.65. The number of fused-ring (bicyclic) bond motifs is 37. The molecule has 0 bridgehead atoms. The van der Waals surface area contributed by atoms with Gasteiger partial charge in [0.25, 0.3) is 0 Å². The Morgan fingerprint density at radius 1 is 0.184 bits per heavy atom. The van der Waals surface area contributed by atoms with Crippen LogP contribution in [0.5, 0.6) is 0 Å². The van der Waals surface area contributed by atoms with E-state index >= 15 is 0 Å². The van der Waals surface area contributed by atoms with E-state index in [0.717, 1.165) is 0 Å². The molecule has 2 heteroatoms. The summed E-state index contributed by atoms with van der Waals surface area (Å²) in [7, 11) is 0. The molecule has 2 heterocycles. The zero-order valence-corrected chi connectivity index (χ0v) is 78.2. The van der Waals surface area contributed by atoms with Crippen molar-refractivity contribution < 1.29 is 0 Å². The molecular formula is C139H88N2. The summed E-state index contributed by atoms with van der Waals surface area (Å²) in [5.74, 6) is 0. The molecule has 7 aliphatic rings. The van der Waals surface area contributed by atoms with Crippen LogP contribution in [0.3, 0.4) is 0 Å². The van der Waals surface area contributed by atoms with Crippen molar-refractivity contribution in [3.8, 4) is 0 Å². The zero-order chi connectivity index (χ0) is 92.9. The largest absolute Gasteiger partial charge is 0.355 e. The molecular weight excluding hydrogens is 1700 g/mol. The van der Waals surface area contributed by atoms with Gasteiger partial charge in [0, 0.05) is 54.7 Å². The maximum Gasteiger partial charge on any atom is 0.0632 e. The van der Waals surface area contributed by atoms with Crippen LogP contribution in [-0.2, 0) is 5.41 Å². The first-order valence-corrected chi connectivity index (χ1v) is 49.5. The first-order valence-electron chi connectivity index (χ1n) is 49.5. The van der Waals surface area contributed by atoms with Gasteiger partial charge in [-0.2, -0.15) is 0 Å². The molecule has 0 spiro atoms. The van der Waals surface area contributed by atoms with Crippen molar-refractivity contribution in [1.82, 2.24) is 9.55 Å². The Kier molecular flexibility index (Phi) is 16.9. The Hall–Kier alpha value is -17.8. The van der Waals surface area contributed by atoms with E-state index in [1.807, 2.05) is 0 Å². The predicted octanol–water partition coefficient (Wildman–Crippen LogP) is 36.5. The number of allylic oxidation sites excluding steroid dienone is 8. The lowest BCUT2D eigenvalue weighted by atomic mass is 9.80. The van der Waals surface area contributed by atoms with Gasteiger partial charge in [-0.15, -0.1) is 0 Å². The topological polar surface area (TPSA) is 20.7 Å². The maximum atomic E-state index is 3.65. The number of nitrogens with one attached hydrogen (secondary N) is 1. The smallest absolute Gasteiger partial charge is 0.0632 e. The fraction of sp³-hybridized carbons (Fsp3) is 0.0360. The van der Waals surface area contributed by atoms with Crippen LogP contribution in [0.15, 0.2) is 461 Å². The number of benzene rings is 23. The fourth-order valence-electron chi connectivity index (χ4n) is 26.1. The molecule has 25 aromatic rings. The Balaban J connectivity index is 0.0000000992. The summed E-state index contributed by atoms with van der Waals surface area (Å²) in [5, 5.41) is 28.2. The van der Waals surface area contributed by atoms with E-state index in [-0.39, 0.29) is 5.41 Å². The van der Waals surface area contributed by atoms with Crippen molar-refractivity contribution in [2.75, 3.05) is 0 Å². The summed E-state index contributed by atoms with van der Waals surface area (Å²) >= 11 is 0. The summed E-state index contributed by atoms with van der Waals surface area (Å²) < 4.78 is 2.56. The van der Waals surface area contributed by atoms with E-state index in [1.54, 1.807) is 0 Å². The lowest BCUT2D eigenvalue weighted by molar-refractivity contribution is 0.638. The molecule has 0 amide bonds. The van der Waals surface area contributed by atoms with E-state index in [0.29, 0.717) is 0 Å². The lowest BCUT2D eigenvalue weighted by Crippen LogP contribution is -2.15. The number of aromatic amines is 1. The van der Waals surface area contributed by atoms with E-state index in [4.69, 9.17) is 0 Å². The van der Waals surface area contributed by atoms with Crippen molar-refractivity contribution in [3.05, 3.63) is 566 Å². The fourth-order valence-corrected chi connectivity index (χ4v) is 26.1. The normalized spacial score (nSPS) is 14.5. The zero-order valence-electron chi connectivity index (χ0n) is 78.2. The molecule has 2 aromatic heterocycles. The number of aromatic nitrogens is 2. The second-order valence-corrected chi connectivity index (χ2v) is 39.7. The van der Waals surface area contributed by atoms with Crippen LogP contribution < -0.4 is 0 Å². The predicted molar refractivity (Wildman–Crippen MR) is 600 cm³/mol. The lowest BCUT2D eigenvalue weighted by Gasteiger charge is -2.23. The van der Waals surface area contributed by atoms with Crippen LogP contribution in [0, 0.1) is 0 Å². The van der Waals surface area contributed by atoms with Crippen LogP contribution in [0.4, 0.5) is 0 Å². The van der Waals surface area contributed by atoms with Crippen molar-refractivity contribution in [2.45, 2.75) is 33.1 Å².